The number of nitrogens with one attached hydrogen (secondary N) is 1. The fraction of sp³-hybridized carbons (Fsp3) is 0.0556. The van der Waals surface area contributed by atoms with Crippen LogP contribution in [0.2, 0.25) is 0 Å². The van der Waals surface area contributed by atoms with Crippen molar-refractivity contribution in [1.29, 1.82) is 0 Å². The average Bonchev–Trinajstić information content (AvgIpc) is 3.15. The number of thioether (sulfide) groups is 1. The average molecular weight is 382 g/mol. The first-order valence-corrected chi connectivity index (χ1v) is 8.99. The van der Waals surface area contributed by atoms with Crippen LogP contribution in [0.5, 0.6) is 0 Å². The van der Waals surface area contributed by atoms with E-state index in [1.807, 2.05) is 30.5 Å². The Balaban J connectivity index is 1.67. The zero-order valence-corrected chi connectivity index (χ0v) is 15.0. The molecule has 27 heavy (non-hydrogen) atoms. The second-order valence-corrected chi connectivity index (χ2v) is 6.20. The number of carbonyl (C=O) groups is 1. The van der Waals surface area contributed by atoms with Crippen LogP contribution in [0.4, 0.5) is 11.7 Å². The Hall–Kier alpha value is -3.46. The van der Waals surface area contributed by atoms with Gasteiger partial charge in [-0.05, 0) is 36.1 Å². The van der Waals surface area contributed by atoms with Crippen molar-refractivity contribution >= 4 is 35.4 Å². The molecule has 136 valence electrons. The lowest BCUT2D eigenvalue weighted by atomic mass is 10.2. The third-order valence-corrected chi connectivity index (χ3v) is 4.21. The predicted octanol–water partition coefficient (Wildman–Crippen LogP) is 4.02. The largest absolute Gasteiger partial charge is 0.403 e. The highest BCUT2D eigenvalue weighted by molar-refractivity contribution is 7.98. The van der Waals surface area contributed by atoms with E-state index in [0.717, 1.165) is 10.5 Å². The molecule has 0 bridgehead atoms. The molecule has 1 N–H and O–H groups in total. The number of amides is 1. The minimum atomic E-state index is -0.497. The fourth-order valence-electron chi connectivity index (χ4n) is 2.21. The SMILES string of the molecule is CSc1cccc(-c2nnc(NC(=O)/C=C/c3cccc([N+](=O)[O-])c3)o2)c1. The van der Waals surface area contributed by atoms with Gasteiger partial charge in [-0.25, -0.2) is 0 Å². The Labute approximate surface area is 158 Å². The van der Waals surface area contributed by atoms with Crippen molar-refractivity contribution in [2.24, 2.45) is 0 Å². The molecular formula is C18H14N4O4S. The standard InChI is InChI=1S/C18H14N4O4S/c1-27-15-7-3-5-13(11-15)17-20-21-18(26-17)19-16(23)9-8-12-4-2-6-14(10-12)22(24)25/h2-11H,1H3,(H,19,21,23)/b9-8+. The number of hydrogen-bond acceptors (Lipinski definition) is 7. The summed E-state index contributed by atoms with van der Waals surface area (Å²) in [6.45, 7) is 0. The molecule has 0 saturated heterocycles. The molecule has 1 heterocycles. The quantitative estimate of drug-likeness (QED) is 0.297. The van der Waals surface area contributed by atoms with Gasteiger partial charge in [-0.1, -0.05) is 23.3 Å². The number of benzene rings is 2. The number of nitro benzene ring substituents is 1. The highest BCUT2D eigenvalue weighted by Gasteiger charge is 2.11. The molecule has 1 aromatic heterocycles. The van der Waals surface area contributed by atoms with Gasteiger partial charge in [-0.3, -0.25) is 20.2 Å². The fourth-order valence-corrected chi connectivity index (χ4v) is 2.67. The molecule has 1 amide bonds. The number of non-ortho nitro benzene ring substituents is 1. The third-order valence-electron chi connectivity index (χ3n) is 3.48. The lowest BCUT2D eigenvalue weighted by Crippen LogP contribution is -2.07. The van der Waals surface area contributed by atoms with E-state index in [1.54, 1.807) is 23.9 Å². The van der Waals surface area contributed by atoms with E-state index in [4.69, 9.17) is 4.42 Å². The van der Waals surface area contributed by atoms with Crippen LogP contribution in [0, 0.1) is 10.1 Å². The summed E-state index contributed by atoms with van der Waals surface area (Å²) in [5.74, 6) is -0.196. The molecule has 0 aliphatic carbocycles. The normalized spacial score (nSPS) is 10.9. The predicted molar refractivity (Wildman–Crippen MR) is 102 cm³/mol. The van der Waals surface area contributed by atoms with Crippen LogP contribution in [0.25, 0.3) is 17.5 Å². The number of rotatable bonds is 6. The van der Waals surface area contributed by atoms with Crippen molar-refractivity contribution in [2.45, 2.75) is 4.90 Å². The number of aromatic nitrogens is 2. The monoisotopic (exact) mass is 382 g/mol. The second kappa shape index (κ2) is 8.28. The molecular weight excluding hydrogens is 368 g/mol. The lowest BCUT2D eigenvalue weighted by molar-refractivity contribution is -0.384. The molecule has 2 aromatic carbocycles. The lowest BCUT2D eigenvalue weighted by Gasteiger charge is -1.98. The zero-order valence-electron chi connectivity index (χ0n) is 14.2. The molecule has 0 spiro atoms. The number of nitrogens with zero attached hydrogens (tertiary/aromatic N) is 3. The van der Waals surface area contributed by atoms with Gasteiger partial charge in [0.2, 0.25) is 5.89 Å². The van der Waals surface area contributed by atoms with Crippen molar-refractivity contribution in [3.05, 3.63) is 70.3 Å². The maximum atomic E-state index is 12.0. The van der Waals surface area contributed by atoms with Crippen molar-refractivity contribution in [3.8, 4) is 11.5 Å². The zero-order chi connectivity index (χ0) is 19.2. The molecule has 0 saturated carbocycles. The van der Waals surface area contributed by atoms with Crippen LogP contribution in [-0.2, 0) is 4.79 Å². The molecule has 0 radical (unpaired) electrons. The Morgan fingerprint density at radius 2 is 2.04 bits per heavy atom. The molecule has 8 nitrogen and oxygen atoms in total. The summed E-state index contributed by atoms with van der Waals surface area (Å²) < 4.78 is 5.46. The summed E-state index contributed by atoms with van der Waals surface area (Å²) in [5, 5.41) is 21.0. The summed E-state index contributed by atoms with van der Waals surface area (Å²) in [6, 6.07) is 13.5. The van der Waals surface area contributed by atoms with Gasteiger partial charge >= 0.3 is 6.01 Å². The van der Waals surface area contributed by atoms with E-state index >= 15 is 0 Å². The summed E-state index contributed by atoms with van der Waals surface area (Å²) in [6.07, 6.45) is 4.66. The Kier molecular flexibility index (Phi) is 5.62. The van der Waals surface area contributed by atoms with Gasteiger partial charge in [0, 0.05) is 28.7 Å². The number of hydrogen-bond donors (Lipinski definition) is 1. The van der Waals surface area contributed by atoms with Gasteiger partial charge < -0.3 is 4.42 Å². The molecule has 0 atom stereocenters. The molecule has 9 heteroatoms. The van der Waals surface area contributed by atoms with E-state index in [2.05, 4.69) is 15.5 Å². The third kappa shape index (κ3) is 4.79. The maximum absolute atomic E-state index is 12.0. The van der Waals surface area contributed by atoms with E-state index in [9.17, 15) is 14.9 Å². The van der Waals surface area contributed by atoms with Crippen LogP contribution in [0.15, 0.2) is 63.9 Å². The number of anilines is 1. The van der Waals surface area contributed by atoms with E-state index in [-0.39, 0.29) is 11.7 Å². The van der Waals surface area contributed by atoms with E-state index < -0.39 is 10.8 Å². The van der Waals surface area contributed by atoms with Crippen LogP contribution in [0.1, 0.15) is 5.56 Å². The number of carbonyl (C=O) groups excluding carboxylic acids is 1. The number of nitro groups is 1. The summed E-state index contributed by atoms with van der Waals surface area (Å²) in [5.41, 5.74) is 1.23. The summed E-state index contributed by atoms with van der Waals surface area (Å²) in [7, 11) is 0. The van der Waals surface area contributed by atoms with Gasteiger partial charge in [0.15, 0.2) is 0 Å². The molecule has 0 aliphatic rings. The van der Waals surface area contributed by atoms with Crippen molar-refractivity contribution < 1.29 is 14.1 Å². The highest BCUT2D eigenvalue weighted by atomic mass is 32.2. The smallest absolute Gasteiger partial charge is 0.322 e. The first-order valence-electron chi connectivity index (χ1n) is 7.76. The van der Waals surface area contributed by atoms with Crippen LogP contribution in [-0.4, -0.2) is 27.3 Å². The van der Waals surface area contributed by atoms with Gasteiger partial charge in [0.05, 0.1) is 4.92 Å². The van der Waals surface area contributed by atoms with Crippen molar-refractivity contribution in [1.82, 2.24) is 10.2 Å². The van der Waals surface area contributed by atoms with E-state index in [1.165, 1.54) is 24.3 Å². The Morgan fingerprint density at radius 3 is 2.81 bits per heavy atom. The molecule has 0 aliphatic heterocycles. The van der Waals surface area contributed by atoms with Crippen LogP contribution >= 0.6 is 11.8 Å². The highest BCUT2D eigenvalue weighted by Crippen LogP contribution is 2.24. The molecule has 3 aromatic rings. The summed E-state index contributed by atoms with van der Waals surface area (Å²) >= 11 is 1.59. The minimum Gasteiger partial charge on any atom is -0.403 e. The first kappa shape index (κ1) is 18.3. The van der Waals surface area contributed by atoms with Gasteiger partial charge in [-0.15, -0.1) is 16.9 Å². The van der Waals surface area contributed by atoms with Crippen LogP contribution < -0.4 is 5.32 Å². The Morgan fingerprint density at radius 1 is 1.22 bits per heavy atom. The molecule has 0 unspecified atom stereocenters. The van der Waals surface area contributed by atoms with Crippen LogP contribution in [0.3, 0.4) is 0 Å². The van der Waals surface area contributed by atoms with Gasteiger partial charge in [0.25, 0.3) is 11.6 Å². The van der Waals surface area contributed by atoms with Gasteiger partial charge in [-0.2, -0.15) is 0 Å². The first-order chi connectivity index (χ1) is 13.0. The van der Waals surface area contributed by atoms with Crippen molar-refractivity contribution in [3.63, 3.8) is 0 Å². The summed E-state index contributed by atoms with van der Waals surface area (Å²) in [4.78, 5) is 23.3. The topological polar surface area (TPSA) is 111 Å². The molecule has 0 fully saturated rings. The van der Waals surface area contributed by atoms with E-state index in [0.29, 0.717) is 11.5 Å². The second-order valence-electron chi connectivity index (χ2n) is 5.32. The molecule has 3 rings (SSSR count). The maximum Gasteiger partial charge on any atom is 0.322 e. The minimum absolute atomic E-state index is 0.0340. The van der Waals surface area contributed by atoms with Crippen molar-refractivity contribution in [2.75, 3.05) is 11.6 Å². The Bertz CT molecular complexity index is 1020. The van der Waals surface area contributed by atoms with Gasteiger partial charge in [0.1, 0.15) is 0 Å².